The van der Waals surface area contributed by atoms with Crippen LogP contribution in [0.25, 0.3) is 6.08 Å². The maximum Gasteiger partial charge on any atom is 0.328 e. The van der Waals surface area contributed by atoms with Crippen molar-refractivity contribution in [1.29, 1.82) is 0 Å². The molecule has 0 atom stereocenters. The molecule has 1 fully saturated rings. The molecule has 1 aromatic heterocycles. The number of carboxylic acid groups (broad SMARTS) is 1. The summed E-state index contributed by atoms with van der Waals surface area (Å²) in [5, 5.41) is 12.5. The Morgan fingerprint density at radius 3 is 2.81 bits per heavy atom. The Labute approximate surface area is 162 Å². The summed E-state index contributed by atoms with van der Waals surface area (Å²) >= 11 is 6.26. The molecule has 0 saturated carbocycles. The molecule has 0 spiro atoms. The van der Waals surface area contributed by atoms with E-state index in [2.05, 4.69) is 15.2 Å². The summed E-state index contributed by atoms with van der Waals surface area (Å²) in [4.78, 5) is 17.2. The predicted octanol–water partition coefficient (Wildman–Crippen LogP) is 4.05. The first-order valence-electron chi connectivity index (χ1n) is 8.79. The number of aromatic nitrogens is 1. The zero-order valence-corrected chi connectivity index (χ0v) is 15.5. The average Bonchev–Trinajstić information content (AvgIpc) is 2.63. The number of rotatable bonds is 6. The first-order chi connectivity index (χ1) is 13.0. The lowest BCUT2D eigenvalue weighted by atomic mass is 10.0. The van der Waals surface area contributed by atoms with Crippen molar-refractivity contribution in [1.82, 2.24) is 9.88 Å². The third-order valence-corrected chi connectivity index (χ3v) is 4.79. The van der Waals surface area contributed by atoms with Crippen molar-refractivity contribution in [3.05, 3.63) is 64.6 Å². The van der Waals surface area contributed by atoms with E-state index in [1.165, 1.54) is 12.1 Å². The van der Waals surface area contributed by atoms with Crippen molar-refractivity contribution in [2.24, 2.45) is 0 Å². The Hall–Kier alpha value is -2.44. The molecule has 142 valence electrons. The fourth-order valence-electron chi connectivity index (χ4n) is 3.14. The molecule has 27 heavy (non-hydrogen) atoms. The van der Waals surface area contributed by atoms with Gasteiger partial charge in [-0.05, 0) is 48.2 Å². The Morgan fingerprint density at radius 2 is 2.15 bits per heavy atom. The third-order valence-electron chi connectivity index (χ3n) is 4.50. The third kappa shape index (κ3) is 5.77. The number of nitrogens with one attached hydrogen (secondary N) is 1. The van der Waals surface area contributed by atoms with Crippen LogP contribution in [0, 0.1) is 5.82 Å². The van der Waals surface area contributed by atoms with Crippen molar-refractivity contribution in [3.8, 4) is 0 Å². The normalized spacial score (nSPS) is 15.9. The second kappa shape index (κ2) is 8.97. The number of carbonyl (C=O) groups is 1. The van der Waals surface area contributed by atoms with Gasteiger partial charge >= 0.3 is 5.97 Å². The van der Waals surface area contributed by atoms with E-state index >= 15 is 0 Å². The molecule has 5 nitrogen and oxygen atoms in total. The van der Waals surface area contributed by atoms with Gasteiger partial charge in [0.05, 0.1) is 5.02 Å². The van der Waals surface area contributed by atoms with Gasteiger partial charge in [-0.25, -0.2) is 14.2 Å². The number of hydrogen-bond acceptors (Lipinski definition) is 4. The minimum Gasteiger partial charge on any atom is -0.478 e. The smallest absolute Gasteiger partial charge is 0.328 e. The molecule has 1 aromatic carbocycles. The van der Waals surface area contributed by atoms with E-state index in [0.717, 1.165) is 44.1 Å². The van der Waals surface area contributed by atoms with Gasteiger partial charge in [-0.3, -0.25) is 4.90 Å². The molecule has 2 aromatic rings. The van der Waals surface area contributed by atoms with Crippen LogP contribution in [0.1, 0.15) is 24.0 Å². The molecule has 2 N–H and O–H groups in total. The van der Waals surface area contributed by atoms with Gasteiger partial charge in [0.25, 0.3) is 0 Å². The molecular weight excluding hydrogens is 369 g/mol. The molecule has 0 amide bonds. The van der Waals surface area contributed by atoms with E-state index in [9.17, 15) is 9.18 Å². The highest BCUT2D eigenvalue weighted by molar-refractivity contribution is 6.33. The Bertz CT molecular complexity index is 836. The number of benzene rings is 1. The molecule has 3 rings (SSSR count). The SMILES string of the molecule is O=C(O)/C=C/c1cnc(NC2CCN(Cc3cccc(F)c3)CC2)c(Cl)c1. The summed E-state index contributed by atoms with van der Waals surface area (Å²) in [5.74, 6) is -0.613. The van der Waals surface area contributed by atoms with E-state index in [1.807, 2.05) is 6.07 Å². The maximum absolute atomic E-state index is 13.3. The molecule has 1 saturated heterocycles. The van der Waals surface area contributed by atoms with Crippen LogP contribution in [0.4, 0.5) is 10.2 Å². The number of halogens is 2. The largest absolute Gasteiger partial charge is 0.478 e. The van der Waals surface area contributed by atoms with Gasteiger partial charge in [0, 0.05) is 37.9 Å². The first-order valence-corrected chi connectivity index (χ1v) is 9.17. The summed E-state index contributed by atoms with van der Waals surface area (Å²) in [6.07, 6.45) is 5.97. The van der Waals surface area contributed by atoms with E-state index in [1.54, 1.807) is 24.4 Å². The molecule has 0 bridgehead atoms. The number of hydrogen-bond donors (Lipinski definition) is 2. The molecule has 7 heteroatoms. The Morgan fingerprint density at radius 1 is 1.37 bits per heavy atom. The summed E-state index contributed by atoms with van der Waals surface area (Å²) in [5.41, 5.74) is 1.62. The standard InChI is InChI=1S/C20H21ClFN3O2/c21-18-11-14(4-5-19(26)27)12-23-20(18)24-17-6-8-25(9-7-17)13-15-2-1-3-16(22)10-15/h1-5,10-12,17H,6-9,13H2,(H,23,24)(H,26,27)/b5-4+. The predicted molar refractivity (Wildman–Crippen MR) is 104 cm³/mol. The second-order valence-corrected chi connectivity index (χ2v) is 7.00. The van der Waals surface area contributed by atoms with Gasteiger partial charge in [0.1, 0.15) is 11.6 Å². The zero-order valence-electron chi connectivity index (χ0n) is 14.7. The summed E-state index contributed by atoms with van der Waals surface area (Å²) in [6.45, 7) is 2.56. The van der Waals surface area contributed by atoms with Crippen LogP contribution in [-0.4, -0.2) is 40.1 Å². The summed E-state index contributed by atoms with van der Waals surface area (Å²) in [7, 11) is 0. The lowest BCUT2D eigenvalue weighted by molar-refractivity contribution is -0.131. The van der Waals surface area contributed by atoms with E-state index < -0.39 is 5.97 Å². The van der Waals surface area contributed by atoms with E-state index in [4.69, 9.17) is 16.7 Å². The van der Waals surface area contributed by atoms with Crippen LogP contribution >= 0.6 is 11.6 Å². The minimum absolute atomic E-state index is 0.202. The number of likely N-dealkylation sites (tertiary alicyclic amines) is 1. The average molecular weight is 390 g/mol. The van der Waals surface area contributed by atoms with Crippen LogP contribution in [0.2, 0.25) is 5.02 Å². The molecule has 0 radical (unpaired) electrons. The highest BCUT2D eigenvalue weighted by Crippen LogP contribution is 2.24. The van der Waals surface area contributed by atoms with E-state index in [-0.39, 0.29) is 11.9 Å². The number of carboxylic acids is 1. The first kappa shape index (κ1) is 19.3. The van der Waals surface area contributed by atoms with Crippen molar-refractivity contribution >= 4 is 29.5 Å². The lowest BCUT2D eigenvalue weighted by Crippen LogP contribution is -2.38. The fraction of sp³-hybridized carbons (Fsp3) is 0.300. The number of piperidine rings is 1. The van der Waals surface area contributed by atoms with Gasteiger partial charge in [-0.15, -0.1) is 0 Å². The van der Waals surface area contributed by atoms with Crippen LogP contribution in [0.3, 0.4) is 0 Å². The van der Waals surface area contributed by atoms with Crippen LogP contribution < -0.4 is 5.32 Å². The van der Waals surface area contributed by atoms with Crippen LogP contribution in [-0.2, 0) is 11.3 Å². The van der Waals surface area contributed by atoms with Gasteiger partial charge in [0.2, 0.25) is 0 Å². The van der Waals surface area contributed by atoms with Crippen molar-refractivity contribution in [3.63, 3.8) is 0 Å². The Balaban J connectivity index is 1.52. The highest BCUT2D eigenvalue weighted by Gasteiger charge is 2.20. The number of pyridine rings is 1. The van der Waals surface area contributed by atoms with Gasteiger partial charge in [-0.2, -0.15) is 0 Å². The summed E-state index contributed by atoms with van der Waals surface area (Å²) < 4.78 is 13.3. The fourth-order valence-corrected chi connectivity index (χ4v) is 3.37. The second-order valence-electron chi connectivity index (χ2n) is 6.60. The number of nitrogens with zero attached hydrogens (tertiary/aromatic N) is 2. The van der Waals surface area contributed by atoms with Gasteiger partial charge in [-0.1, -0.05) is 23.7 Å². The highest BCUT2D eigenvalue weighted by atomic mass is 35.5. The molecule has 1 aliphatic rings. The van der Waals surface area contributed by atoms with Gasteiger partial charge < -0.3 is 10.4 Å². The Kier molecular flexibility index (Phi) is 6.42. The van der Waals surface area contributed by atoms with Crippen molar-refractivity contribution in [2.75, 3.05) is 18.4 Å². The molecule has 2 heterocycles. The topological polar surface area (TPSA) is 65.5 Å². The molecule has 0 aliphatic carbocycles. The van der Waals surface area contributed by atoms with Gasteiger partial charge in [0.15, 0.2) is 0 Å². The van der Waals surface area contributed by atoms with Crippen molar-refractivity contribution in [2.45, 2.75) is 25.4 Å². The lowest BCUT2D eigenvalue weighted by Gasteiger charge is -2.32. The molecular formula is C20H21ClFN3O2. The zero-order chi connectivity index (χ0) is 19.2. The summed E-state index contributed by atoms with van der Waals surface area (Å²) in [6, 6.07) is 8.67. The van der Waals surface area contributed by atoms with Crippen molar-refractivity contribution < 1.29 is 14.3 Å². The molecule has 0 unspecified atom stereocenters. The van der Waals surface area contributed by atoms with Crippen LogP contribution in [0.15, 0.2) is 42.6 Å². The monoisotopic (exact) mass is 389 g/mol. The molecule has 1 aliphatic heterocycles. The minimum atomic E-state index is -1.02. The maximum atomic E-state index is 13.3. The number of aliphatic carboxylic acids is 1. The quantitative estimate of drug-likeness (QED) is 0.730. The number of anilines is 1. The van der Waals surface area contributed by atoms with E-state index in [0.29, 0.717) is 16.4 Å². The van der Waals surface area contributed by atoms with Crippen LogP contribution in [0.5, 0.6) is 0 Å².